The van der Waals surface area contributed by atoms with Gasteiger partial charge < -0.3 is 0 Å². The Kier molecular flexibility index (Phi) is 6.24. The summed E-state index contributed by atoms with van der Waals surface area (Å²) in [5.74, 6) is 2.00. The number of benzene rings is 1. The fourth-order valence-corrected chi connectivity index (χ4v) is 10.4. The first-order valence-corrected chi connectivity index (χ1v) is 14.4. The Bertz CT molecular complexity index is 839. The third kappa shape index (κ3) is 4.30. The van der Waals surface area contributed by atoms with Crippen molar-refractivity contribution < 1.29 is 13.2 Å². The van der Waals surface area contributed by atoms with Crippen molar-refractivity contribution in [2.24, 2.45) is 23.7 Å². The number of hydrogen-bond donors (Lipinski definition) is 2. The number of halogens is 3. The van der Waals surface area contributed by atoms with Crippen LogP contribution in [0.4, 0.5) is 13.2 Å². The lowest BCUT2D eigenvalue weighted by Gasteiger charge is -2.48. The highest BCUT2D eigenvalue weighted by Gasteiger charge is 2.54. The maximum atomic E-state index is 13.0. The van der Waals surface area contributed by atoms with E-state index in [1.54, 1.807) is 12.1 Å². The van der Waals surface area contributed by atoms with Crippen LogP contribution in [-0.4, -0.2) is 32.8 Å². The fourth-order valence-electron chi connectivity index (χ4n) is 6.12. The van der Waals surface area contributed by atoms with Crippen LogP contribution in [0.25, 0.3) is 5.57 Å². The minimum atomic E-state index is -4.30. The second kappa shape index (κ2) is 8.50. The van der Waals surface area contributed by atoms with E-state index in [4.69, 9.17) is 0 Å². The summed E-state index contributed by atoms with van der Waals surface area (Å²) in [5.41, 5.74) is 2.15. The van der Waals surface area contributed by atoms with Gasteiger partial charge in [-0.25, -0.2) is 0 Å². The Morgan fingerprint density at radius 1 is 1.06 bits per heavy atom. The molecule has 2 aliphatic carbocycles. The molecule has 0 amide bonds. The highest BCUT2D eigenvalue weighted by Crippen LogP contribution is 2.59. The first-order valence-electron chi connectivity index (χ1n) is 11.3. The maximum Gasteiger partial charge on any atom is 0.416 e. The molecule has 1 aromatic rings. The van der Waals surface area contributed by atoms with Crippen molar-refractivity contribution in [3.05, 3.63) is 53.6 Å². The Morgan fingerprint density at radius 3 is 2.29 bits per heavy atom. The number of nitrogens with one attached hydrogen (secondary N) is 2. The van der Waals surface area contributed by atoms with Crippen molar-refractivity contribution in [3.8, 4) is 0 Å². The van der Waals surface area contributed by atoms with Crippen LogP contribution >= 0.6 is 0 Å². The van der Waals surface area contributed by atoms with Crippen LogP contribution in [0.2, 0.25) is 18.6 Å². The van der Waals surface area contributed by atoms with Gasteiger partial charge in [0.05, 0.1) is 5.56 Å². The number of rotatable bonds is 4. The number of alkyl halides is 3. The maximum absolute atomic E-state index is 13.0. The fraction of sp³-hybridized carbons (Fsp3) is 0.583. The minimum absolute atomic E-state index is 0.372. The van der Waals surface area contributed by atoms with Gasteiger partial charge in [0, 0.05) is 20.0 Å². The van der Waals surface area contributed by atoms with Crippen molar-refractivity contribution in [2.45, 2.75) is 45.1 Å². The SMILES string of the molecule is CC(C)C1CC2C(c3ccc(C(F)(F)F)cc3)=CC=CC2C1[Si](C)(C)N1CNCNC1. The first kappa shape index (κ1) is 22.8. The lowest BCUT2D eigenvalue weighted by Crippen LogP contribution is -2.63. The highest BCUT2D eigenvalue weighted by molar-refractivity contribution is 6.76. The largest absolute Gasteiger partial charge is 0.416 e. The molecule has 4 rings (SSSR count). The van der Waals surface area contributed by atoms with E-state index in [-0.39, 0.29) is 0 Å². The third-order valence-corrected chi connectivity index (χ3v) is 12.2. The average molecular weight is 450 g/mol. The molecule has 3 nitrogen and oxygen atoms in total. The van der Waals surface area contributed by atoms with Crippen LogP contribution < -0.4 is 10.6 Å². The van der Waals surface area contributed by atoms with Crippen LogP contribution in [0.1, 0.15) is 31.4 Å². The van der Waals surface area contributed by atoms with Gasteiger partial charge in [-0.15, -0.1) is 0 Å². The van der Waals surface area contributed by atoms with Crippen LogP contribution in [0.15, 0.2) is 42.5 Å². The van der Waals surface area contributed by atoms with Gasteiger partial charge in [0.25, 0.3) is 0 Å². The summed E-state index contributed by atoms with van der Waals surface area (Å²) >= 11 is 0. The van der Waals surface area contributed by atoms with E-state index in [1.165, 1.54) is 17.7 Å². The molecule has 1 heterocycles. The van der Waals surface area contributed by atoms with Crippen molar-refractivity contribution >= 4 is 13.8 Å². The zero-order chi connectivity index (χ0) is 22.4. The Balaban J connectivity index is 1.65. The molecular weight excluding hydrogens is 415 g/mol. The molecule has 2 fully saturated rings. The van der Waals surface area contributed by atoms with E-state index in [2.05, 4.69) is 60.4 Å². The van der Waals surface area contributed by atoms with E-state index >= 15 is 0 Å². The standard InChI is InChI=1S/C24H34F3N3Si/c1-16(2)21-12-22-19(17-8-10-18(11-9-17)24(25,26)27)6-5-7-20(22)23(21)31(3,4)30-14-28-13-29-15-30/h5-11,16,20-23,28-29H,12-15H2,1-4H3. The molecule has 0 aromatic heterocycles. The van der Waals surface area contributed by atoms with Crippen LogP contribution in [0.3, 0.4) is 0 Å². The molecule has 0 spiro atoms. The second-order valence-corrected chi connectivity index (χ2v) is 14.7. The van der Waals surface area contributed by atoms with Gasteiger partial charge in [-0.05, 0) is 58.9 Å². The van der Waals surface area contributed by atoms with Crippen LogP contribution in [-0.2, 0) is 6.18 Å². The number of hydrogen-bond acceptors (Lipinski definition) is 3. The molecule has 1 saturated carbocycles. The summed E-state index contributed by atoms with van der Waals surface area (Å²) in [7, 11) is -1.79. The van der Waals surface area contributed by atoms with E-state index in [0.717, 1.165) is 32.0 Å². The summed E-state index contributed by atoms with van der Waals surface area (Å²) in [5, 5.41) is 6.92. The second-order valence-electron chi connectivity index (χ2n) is 10.1. The summed E-state index contributed by atoms with van der Waals surface area (Å²) in [6.45, 7) is 12.4. The monoisotopic (exact) mass is 449 g/mol. The molecule has 3 aliphatic rings. The van der Waals surface area contributed by atoms with Crippen LogP contribution in [0, 0.1) is 23.7 Å². The third-order valence-electron chi connectivity index (χ3n) is 7.76. The molecule has 1 aliphatic heterocycles. The average Bonchev–Trinajstić information content (AvgIpc) is 3.15. The van der Waals surface area contributed by atoms with Crippen molar-refractivity contribution in [1.29, 1.82) is 0 Å². The smallest absolute Gasteiger partial charge is 0.299 e. The van der Waals surface area contributed by atoms with E-state index in [0.29, 0.717) is 29.2 Å². The Hall–Kier alpha value is -1.41. The van der Waals surface area contributed by atoms with Crippen LogP contribution in [0.5, 0.6) is 0 Å². The van der Waals surface area contributed by atoms with Crippen molar-refractivity contribution in [1.82, 2.24) is 15.2 Å². The van der Waals surface area contributed by atoms with E-state index < -0.39 is 20.0 Å². The van der Waals surface area contributed by atoms with Gasteiger partial charge in [0.1, 0.15) is 8.24 Å². The van der Waals surface area contributed by atoms with Crippen molar-refractivity contribution in [3.63, 3.8) is 0 Å². The van der Waals surface area contributed by atoms with Gasteiger partial charge in [-0.1, -0.05) is 57.3 Å². The Morgan fingerprint density at radius 2 is 1.71 bits per heavy atom. The molecule has 0 radical (unpaired) electrons. The van der Waals surface area contributed by atoms with Crippen molar-refractivity contribution in [2.75, 3.05) is 20.0 Å². The molecule has 170 valence electrons. The van der Waals surface area contributed by atoms with E-state index in [1.807, 2.05) is 0 Å². The highest BCUT2D eigenvalue weighted by atomic mass is 28.3. The zero-order valence-electron chi connectivity index (χ0n) is 18.8. The Labute approximate surface area is 184 Å². The molecule has 4 unspecified atom stereocenters. The molecule has 1 aromatic carbocycles. The summed E-state index contributed by atoms with van der Waals surface area (Å²) in [6, 6.07) is 5.76. The number of allylic oxidation sites excluding steroid dienone is 4. The van der Waals surface area contributed by atoms with Gasteiger partial charge in [-0.2, -0.15) is 13.2 Å². The van der Waals surface area contributed by atoms with Gasteiger partial charge in [0.15, 0.2) is 0 Å². The summed E-state index contributed by atoms with van der Waals surface area (Å²) in [6.07, 6.45) is 3.46. The van der Waals surface area contributed by atoms with Gasteiger partial charge in [-0.3, -0.25) is 15.2 Å². The first-order chi connectivity index (χ1) is 14.6. The lowest BCUT2D eigenvalue weighted by atomic mass is 9.81. The minimum Gasteiger partial charge on any atom is -0.299 e. The van der Waals surface area contributed by atoms with Gasteiger partial charge in [0.2, 0.25) is 0 Å². The molecule has 1 saturated heterocycles. The molecule has 31 heavy (non-hydrogen) atoms. The molecular formula is C24H34F3N3Si. The quantitative estimate of drug-likeness (QED) is 0.594. The number of nitrogens with zero attached hydrogens (tertiary/aromatic N) is 1. The lowest BCUT2D eigenvalue weighted by molar-refractivity contribution is -0.137. The topological polar surface area (TPSA) is 27.3 Å². The van der Waals surface area contributed by atoms with E-state index in [9.17, 15) is 13.2 Å². The molecule has 4 atom stereocenters. The predicted octanol–water partition coefficient (Wildman–Crippen LogP) is 5.51. The molecule has 2 N–H and O–H groups in total. The molecule has 7 heteroatoms. The zero-order valence-corrected chi connectivity index (χ0v) is 19.8. The normalized spacial score (nSPS) is 29.9. The summed E-state index contributed by atoms with van der Waals surface area (Å²) in [4.78, 5) is 0. The molecule has 0 bridgehead atoms. The summed E-state index contributed by atoms with van der Waals surface area (Å²) < 4.78 is 41.7. The van der Waals surface area contributed by atoms with Gasteiger partial charge >= 0.3 is 6.18 Å². The number of fused-ring (bicyclic) bond motifs is 1. The predicted molar refractivity (Wildman–Crippen MR) is 122 cm³/mol.